The third-order valence-corrected chi connectivity index (χ3v) is 2.93. The van der Waals surface area contributed by atoms with E-state index < -0.39 is 0 Å². The highest BCUT2D eigenvalue weighted by Crippen LogP contribution is 2.19. The van der Waals surface area contributed by atoms with E-state index in [1.165, 1.54) is 0 Å². The second-order valence-corrected chi connectivity index (χ2v) is 4.70. The number of anilines is 1. The summed E-state index contributed by atoms with van der Waals surface area (Å²) >= 11 is 0. The van der Waals surface area contributed by atoms with Crippen molar-refractivity contribution in [1.29, 1.82) is 5.26 Å². The molecule has 0 aliphatic carbocycles. The first-order chi connectivity index (χ1) is 9.13. The number of nitrogens with one attached hydrogen (secondary N) is 2. The molecule has 0 aromatic carbocycles. The van der Waals surface area contributed by atoms with Gasteiger partial charge < -0.3 is 10.6 Å². The highest BCUT2D eigenvalue weighted by molar-refractivity contribution is 5.56. The topological polar surface area (TPSA) is 73.6 Å². The van der Waals surface area contributed by atoms with Gasteiger partial charge in [0, 0.05) is 19.1 Å². The van der Waals surface area contributed by atoms with Gasteiger partial charge >= 0.3 is 0 Å². The van der Waals surface area contributed by atoms with Gasteiger partial charge in [-0.25, -0.2) is 0 Å². The summed E-state index contributed by atoms with van der Waals surface area (Å²) in [7, 11) is 0. The minimum absolute atomic E-state index is 0.456. The van der Waals surface area contributed by atoms with Crippen LogP contribution in [0.1, 0.15) is 44.5 Å². The highest BCUT2D eigenvalue weighted by atomic mass is 15.2. The van der Waals surface area contributed by atoms with Gasteiger partial charge in [0.25, 0.3) is 0 Å². The fourth-order valence-electron chi connectivity index (χ4n) is 1.96. The molecule has 0 fully saturated rings. The standard InChI is InChI=1S/C14H23N5/c1-5-11-12(9-15)14(19-18-13(11)6-2)17-8-7-16-10(3)4/h10,16H,5-8H2,1-4H3,(H,17,19). The van der Waals surface area contributed by atoms with Crippen LogP contribution in [0.15, 0.2) is 0 Å². The molecule has 0 saturated heterocycles. The Morgan fingerprint density at radius 1 is 1.16 bits per heavy atom. The van der Waals surface area contributed by atoms with Crippen LogP contribution in [-0.2, 0) is 12.8 Å². The Kier molecular flexibility index (Phi) is 6.23. The van der Waals surface area contributed by atoms with Crippen LogP contribution in [0.2, 0.25) is 0 Å². The molecule has 1 aromatic rings. The number of nitrogens with zero attached hydrogens (tertiary/aromatic N) is 3. The van der Waals surface area contributed by atoms with Crippen molar-refractivity contribution < 1.29 is 0 Å². The van der Waals surface area contributed by atoms with Crippen LogP contribution < -0.4 is 10.6 Å². The third-order valence-electron chi connectivity index (χ3n) is 2.93. The van der Waals surface area contributed by atoms with Crippen molar-refractivity contribution >= 4 is 5.82 Å². The Hall–Kier alpha value is -1.67. The Labute approximate surface area is 115 Å². The maximum Gasteiger partial charge on any atom is 0.166 e. The molecular weight excluding hydrogens is 238 g/mol. The minimum atomic E-state index is 0.456. The van der Waals surface area contributed by atoms with Gasteiger partial charge in [0.1, 0.15) is 11.6 Å². The molecule has 0 atom stereocenters. The lowest BCUT2D eigenvalue weighted by atomic mass is 10.0. The van der Waals surface area contributed by atoms with Gasteiger partial charge in [-0.3, -0.25) is 0 Å². The Bertz CT molecular complexity index is 448. The monoisotopic (exact) mass is 261 g/mol. The van der Waals surface area contributed by atoms with Gasteiger partial charge in [0.2, 0.25) is 0 Å². The van der Waals surface area contributed by atoms with Crippen LogP contribution in [0.3, 0.4) is 0 Å². The number of aryl methyl sites for hydroxylation is 1. The number of nitriles is 1. The van der Waals surface area contributed by atoms with E-state index in [-0.39, 0.29) is 0 Å². The molecule has 1 aromatic heterocycles. The predicted octanol–water partition coefficient (Wildman–Crippen LogP) is 1.88. The Morgan fingerprint density at radius 2 is 1.89 bits per heavy atom. The molecule has 1 rings (SSSR count). The molecule has 5 heteroatoms. The van der Waals surface area contributed by atoms with E-state index in [0.29, 0.717) is 17.4 Å². The quantitative estimate of drug-likeness (QED) is 0.733. The lowest BCUT2D eigenvalue weighted by Crippen LogP contribution is -2.28. The van der Waals surface area contributed by atoms with Gasteiger partial charge in [-0.15, -0.1) is 5.10 Å². The van der Waals surface area contributed by atoms with Crippen molar-refractivity contribution in [1.82, 2.24) is 15.5 Å². The maximum absolute atomic E-state index is 9.32. The highest BCUT2D eigenvalue weighted by Gasteiger charge is 2.13. The van der Waals surface area contributed by atoms with Crippen LogP contribution in [0.25, 0.3) is 0 Å². The van der Waals surface area contributed by atoms with Gasteiger partial charge in [0.15, 0.2) is 5.82 Å². The van der Waals surface area contributed by atoms with Crippen LogP contribution in [0.5, 0.6) is 0 Å². The first-order valence-electron chi connectivity index (χ1n) is 6.89. The van der Waals surface area contributed by atoms with E-state index >= 15 is 0 Å². The van der Waals surface area contributed by atoms with Gasteiger partial charge in [0.05, 0.1) is 5.69 Å². The average Bonchev–Trinajstić information content (AvgIpc) is 2.42. The van der Waals surface area contributed by atoms with Gasteiger partial charge in [-0.05, 0) is 18.4 Å². The summed E-state index contributed by atoms with van der Waals surface area (Å²) < 4.78 is 0. The number of hydrogen-bond donors (Lipinski definition) is 2. The molecule has 5 nitrogen and oxygen atoms in total. The zero-order chi connectivity index (χ0) is 14.3. The first kappa shape index (κ1) is 15.4. The van der Waals surface area contributed by atoms with E-state index in [1.54, 1.807) is 0 Å². The fourth-order valence-corrected chi connectivity index (χ4v) is 1.96. The van der Waals surface area contributed by atoms with Crippen LogP contribution in [0, 0.1) is 11.3 Å². The molecular formula is C14H23N5. The molecule has 0 saturated carbocycles. The summed E-state index contributed by atoms with van der Waals surface area (Å²) in [6, 6.07) is 2.71. The van der Waals surface area contributed by atoms with E-state index in [9.17, 15) is 5.26 Å². The third kappa shape index (κ3) is 4.18. The summed E-state index contributed by atoms with van der Waals surface area (Å²) in [4.78, 5) is 0. The first-order valence-corrected chi connectivity index (χ1v) is 6.89. The summed E-state index contributed by atoms with van der Waals surface area (Å²) in [6.45, 7) is 9.85. The molecule has 0 amide bonds. The maximum atomic E-state index is 9.32. The molecule has 19 heavy (non-hydrogen) atoms. The molecule has 0 aliphatic heterocycles. The smallest absolute Gasteiger partial charge is 0.166 e. The van der Waals surface area contributed by atoms with Crippen molar-refractivity contribution in [2.75, 3.05) is 18.4 Å². The minimum Gasteiger partial charge on any atom is -0.366 e. The van der Waals surface area contributed by atoms with Gasteiger partial charge in [-0.1, -0.05) is 27.7 Å². The van der Waals surface area contributed by atoms with Crippen molar-refractivity contribution in [3.05, 3.63) is 16.8 Å². The molecule has 104 valence electrons. The predicted molar refractivity (Wildman–Crippen MR) is 77.1 cm³/mol. The van der Waals surface area contributed by atoms with Crippen LogP contribution in [0.4, 0.5) is 5.82 Å². The molecule has 2 N–H and O–H groups in total. The second kappa shape index (κ2) is 7.70. The fraction of sp³-hybridized carbons (Fsp3) is 0.643. The Balaban J connectivity index is 2.81. The van der Waals surface area contributed by atoms with E-state index in [2.05, 4.69) is 40.7 Å². The number of rotatable bonds is 7. The van der Waals surface area contributed by atoms with Crippen molar-refractivity contribution in [3.8, 4) is 6.07 Å². The molecule has 0 radical (unpaired) electrons. The summed E-state index contributed by atoms with van der Waals surface area (Å²) in [5.74, 6) is 0.599. The zero-order valence-electron chi connectivity index (χ0n) is 12.2. The number of hydrogen-bond acceptors (Lipinski definition) is 5. The summed E-state index contributed by atoms with van der Waals surface area (Å²) in [5.41, 5.74) is 2.57. The van der Waals surface area contributed by atoms with Crippen LogP contribution >= 0.6 is 0 Å². The molecule has 1 heterocycles. The summed E-state index contributed by atoms with van der Waals surface area (Å²) in [5, 5.41) is 24.2. The summed E-state index contributed by atoms with van der Waals surface area (Å²) in [6.07, 6.45) is 1.61. The Morgan fingerprint density at radius 3 is 2.42 bits per heavy atom. The molecule has 0 aliphatic rings. The van der Waals surface area contributed by atoms with E-state index in [1.807, 2.05) is 13.8 Å². The van der Waals surface area contributed by atoms with Crippen LogP contribution in [-0.4, -0.2) is 29.3 Å². The van der Waals surface area contributed by atoms with Crippen molar-refractivity contribution in [3.63, 3.8) is 0 Å². The molecule has 0 bridgehead atoms. The normalized spacial score (nSPS) is 10.5. The lowest BCUT2D eigenvalue weighted by molar-refractivity contribution is 0.601. The van der Waals surface area contributed by atoms with Crippen molar-refractivity contribution in [2.45, 2.75) is 46.6 Å². The lowest BCUT2D eigenvalue weighted by Gasteiger charge is -2.13. The van der Waals surface area contributed by atoms with E-state index in [0.717, 1.165) is 37.2 Å². The number of aromatic nitrogens is 2. The molecule has 0 unspecified atom stereocenters. The largest absolute Gasteiger partial charge is 0.366 e. The second-order valence-electron chi connectivity index (χ2n) is 4.70. The SMILES string of the molecule is CCc1nnc(NCCNC(C)C)c(C#N)c1CC. The van der Waals surface area contributed by atoms with Crippen molar-refractivity contribution in [2.24, 2.45) is 0 Å². The van der Waals surface area contributed by atoms with E-state index in [4.69, 9.17) is 0 Å². The zero-order valence-corrected chi connectivity index (χ0v) is 12.2. The van der Waals surface area contributed by atoms with Gasteiger partial charge in [-0.2, -0.15) is 10.4 Å². The average molecular weight is 261 g/mol. The molecule has 0 spiro atoms.